The van der Waals surface area contributed by atoms with E-state index in [1.807, 2.05) is 42.5 Å². The van der Waals surface area contributed by atoms with Crippen molar-refractivity contribution >= 4 is 28.7 Å². The molecular weight excluding hydrogens is 410 g/mol. The van der Waals surface area contributed by atoms with Crippen LogP contribution < -0.4 is 10.9 Å². The summed E-state index contributed by atoms with van der Waals surface area (Å²) in [5.41, 5.74) is 3.53. The van der Waals surface area contributed by atoms with Gasteiger partial charge in [0, 0.05) is 0 Å². The molecule has 0 bridgehead atoms. The van der Waals surface area contributed by atoms with Crippen LogP contribution in [-0.2, 0) is 11.2 Å². The Hall–Kier alpha value is -3.39. The summed E-state index contributed by atoms with van der Waals surface area (Å²) in [5, 5.41) is 8.25. The highest BCUT2D eigenvalue weighted by Crippen LogP contribution is 2.29. The van der Waals surface area contributed by atoms with Gasteiger partial charge in [-0.15, -0.1) is 0 Å². The number of aryl methyl sites for hydroxylation is 1. The molecule has 0 saturated carbocycles. The van der Waals surface area contributed by atoms with E-state index in [0.717, 1.165) is 24.9 Å². The molecule has 156 valence electrons. The third-order valence-electron chi connectivity index (χ3n) is 5.46. The van der Waals surface area contributed by atoms with E-state index in [-0.39, 0.29) is 23.3 Å². The summed E-state index contributed by atoms with van der Waals surface area (Å²) in [6.07, 6.45) is 4.56. The molecule has 1 amide bonds. The lowest BCUT2D eigenvalue weighted by atomic mass is 9.88. The molecule has 0 spiro atoms. The van der Waals surface area contributed by atoms with Crippen molar-refractivity contribution < 1.29 is 4.79 Å². The van der Waals surface area contributed by atoms with Gasteiger partial charge in [0.2, 0.25) is 5.91 Å². The molecule has 0 aliphatic heterocycles. The van der Waals surface area contributed by atoms with Crippen LogP contribution >= 0.6 is 11.8 Å². The quantitative estimate of drug-likeness (QED) is 0.373. The zero-order chi connectivity index (χ0) is 21.2. The smallest absolute Gasteiger partial charge is 0.262 e. The summed E-state index contributed by atoms with van der Waals surface area (Å²) in [4.78, 5) is 32.4. The number of hydrogen-bond acceptors (Lipinski definition) is 5. The van der Waals surface area contributed by atoms with Crippen LogP contribution in [0.1, 0.15) is 30.0 Å². The van der Waals surface area contributed by atoms with Crippen molar-refractivity contribution in [2.24, 2.45) is 0 Å². The second-order valence-corrected chi connectivity index (χ2v) is 8.46. The van der Waals surface area contributed by atoms with Crippen molar-refractivity contribution in [2.45, 2.75) is 30.5 Å². The van der Waals surface area contributed by atoms with E-state index in [9.17, 15) is 9.59 Å². The summed E-state index contributed by atoms with van der Waals surface area (Å²) >= 11 is 1.21. The van der Waals surface area contributed by atoms with Crippen molar-refractivity contribution in [3.63, 3.8) is 0 Å². The lowest BCUT2D eigenvalue weighted by Crippen LogP contribution is -2.32. The van der Waals surface area contributed by atoms with Crippen LogP contribution in [0.5, 0.6) is 0 Å². The van der Waals surface area contributed by atoms with Gasteiger partial charge in [0.1, 0.15) is 5.39 Å². The summed E-state index contributed by atoms with van der Waals surface area (Å²) in [7, 11) is 0. The number of para-hydroxylation sites is 1. The molecule has 0 radical (unpaired) electrons. The molecule has 5 rings (SSSR count). The van der Waals surface area contributed by atoms with Crippen LogP contribution in [0.2, 0.25) is 0 Å². The van der Waals surface area contributed by atoms with Crippen LogP contribution in [0.15, 0.2) is 70.7 Å². The SMILES string of the molecule is O=C(CSc1nc2c(cnn2-c2ccccc2)c(=O)[nH]1)N[C@@H]1CCCc2ccccc21. The van der Waals surface area contributed by atoms with Gasteiger partial charge in [-0.1, -0.05) is 54.2 Å². The number of nitrogens with zero attached hydrogens (tertiary/aromatic N) is 3. The number of nitrogens with one attached hydrogen (secondary N) is 2. The molecule has 0 saturated heterocycles. The number of amides is 1. The summed E-state index contributed by atoms with van der Waals surface area (Å²) in [5.74, 6) is 0.0954. The molecule has 1 aliphatic rings. The monoisotopic (exact) mass is 431 g/mol. The summed E-state index contributed by atoms with van der Waals surface area (Å²) in [6, 6.07) is 17.8. The number of benzene rings is 2. The van der Waals surface area contributed by atoms with Crippen molar-refractivity contribution in [1.29, 1.82) is 0 Å². The van der Waals surface area contributed by atoms with Crippen molar-refractivity contribution in [3.05, 3.63) is 82.3 Å². The van der Waals surface area contributed by atoms with Crippen molar-refractivity contribution in [2.75, 3.05) is 5.75 Å². The maximum absolute atomic E-state index is 12.6. The number of aromatic amines is 1. The summed E-state index contributed by atoms with van der Waals surface area (Å²) in [6.45, 7) is 0. The molecule has 31 heavy (non-hydrogen) atoms. The molecule has 8 heteroatoms. The van der Waals surface area contributed by atoms with Gasteiger partial charge in [-0.3, -0.25) is 9.59 Å². The fraction of sp³-hybridized carbons (Fsp3) is 0.217. The third-order valence-corrected chi connectivity index (χ3v) is 6.34. The Morgan fingerprint density at radius 3 is 2.84 bits per heavy atom. The van der Waals surface area contributed by atoms with Gasteiger partial charge >= 0.3 is 0 Å². The molecule has 0 fully saturated rings. The number of fused-ring (bicyclic) bond motifs is 2. The second-order valence-electron chi connectivity index (χ2n) is 7.50. The minimum absolute atomic E-state index is 0.0343. The third kappa shape index (κ3) is 3.98. The minimum atomic E-state index is -0.267. The Balaban J connectivity index is 1.32. The average Bonchev–Trinajstić information content (AvgIpc) is 3.23. The molecule has 2 aromatic heterocycles. The Labute approximate surface area is 182 Å². The highest BCUT2D eigenvalue weighted by molar-refractivity contribution is 7.99. The number of hydrogen-bond donors (Lipinski definition) is 2. The van der Waals surface area contributed by atoms with Crippen LogP contribution in [-0.4, -0.2) is 31.4 Å². The Morgan fingerprint density at radius 2 is 1.97 bits per heavy atom. The first-order valence-electron chi connectivity index (χ1n) is 10.2. The number of aromatic nitrogens is 4. The van der Waals surface area contributed by atoms with E-state index in [2.05, 4.69) is 32.5 Å². The second kappa shape index (κ2) is 8.39. The van der Waals surface area contributed by atoms with Gasteiger partial charge < -0.3 is 10.3 Å². The van der Waals surface area contributed by atoms with E-state index in [0.29, 0.717) is 16.2 Å². The van der Waals surface area contributed by atoms with Crippen LogP contribution in [0.3, 0.4) is 0 Å². The maximum atomic E-state index is 12.6. The van der Waals surface area contributed by atoms with Crippen LogP contribution in [0.4, 0.5) is 0 Å². The van der Waals surface area contributed by atoms with Crippen molar-refractivity contribution in [1.82, 2.24) is 25.1 Å². The first-order valence-corrected chi connectivity index (χ1v) is 11.2. The molecule has 1 aliphatic carbocycles. The van der Waals surface area contributed by atoms with Gasteiger partial charge in [-0.25, -0.2) is 9.67 Å². The Bertz CT molecular complexity index is 1300. The number of carbonyl (C=O) groups excluding carboxylic acids is 1. The van der Waals surface area contributed by atoms with E-state index in [1.54, 1.807) is 4.68 Å². The molecule has 1 atom stereocenters. The number of H-pyrrole nitrogens is 1. The highest BCUT2D eigenvalue weighted by Gasteiger charge is 2.21. The van der Waals surface area contributed by atoms with Gasteiger partial charge in [-0.2, -0.15) is 5.10 Å². The zero-order valence-electron chi connectivity index (χ0n) is 16.7. The van der Waals surface area contributed by atoms with Crippen LogP contribution in [0.25, 0.3) is 16.7 Å². The maximum Gasteiger partial charge on any atom is 0.262 e. The Morgan fingerprint density at radius 1 is 1.16 bits per heavy atom. The predicted octanol–water partition coefficient (Wildman–Crippen LogP) is 3.39. The molecular formula is C23H21N5O2S. The number of rotatable bonds is 5. The standard InChI is InChI=1S/C23H21N5O2S/c29-20(25-19-12-6-8-15-7-4-5-11-17(15)19)14-31-23-26-21-18(22(30)27-23)13-24-28(21)16-9-2-1-3-10-16/h1-5,7,9-11,13,19H,6,8,12,14H2,(H,25,29)(H,26,27,30)/t19-/m1/s1. The molecule has 2 N–H and O–H groups in total. The average molecular weight is 432 g/mol. The number of carbonyl (C=O) groups is 1. The number of thioether (sulfide) groups is 1. The summed E-state index contributed by atoms with van der Waals surface area (Å²) < 4.78 is 1.63. The molecule has 4 aromatic rings. The highest BCUT2D eigenvalue weighted by atomic mass is 32.2. The topological polar surface area (TPSA) is 92.7 Å². The van der Waals surface area contributed by atoms with E-state index in [1.165, 1.54) is 29.1 Å². The van der Waals surface area contributed by atoms with E-state index in [4.69, 9.17) is 0 Å². The first kappa shape index (κ1) is 19.6. The van der Waals surface area contributed by atoms with Gasteiger partial charge in [0.05, 0.1) is 23.7 Å². The fourth-order valence-corrected chi connectivity index (χ4v) is 4.67. The zero-order valence-corrected chi connectivity index (χ0v) is 17.6. The van der Waals surface area contributed by atoms with Crippen molar-refractivity contribution in [3.8, 4) is 5.69 Å². The largest absolute Gasteiger partial charge is 0.349 e. The fourth-order valence-electron chi connectivity index (χ4n) is 4.00. The van der Waals surface area contributed by atoms with Gasteiger partial charge in [-0.05, 0) is 42.5 Å². The normalized spacial score (nSPS) is 15.5. The molecule has 2 aromatic carbocycles. The molecule has 7 nitrogen and oxygen atoms in total. The first-order chi connectivity index (χ1) is 15.2. The van der Waals surface area contributed by atoms with E-state index >= 15 is 0 Å². The predicted molar refractivity (Wildman–Crippen MR) is 120 cm³/mol. The minimum Gasteiger partial charge on any atom is -0.349 e. The van der Waals surface area contributed by atoms with Gasteiger partial charge in [0.15, 0.2) is 10.8 Å². The molecule has 0 unspecified atom stereocenters. The lowest BCUT2D eigenvalue weighted by molar-refractivity contribution is -0.119. The van der Waals surface area contributed by atoms with E-state index < -0.39 is 0 Å². The van der Waals surface area contributed by atoms with Crippen LogP contribution in [0, 0.1) is 0 Å². The molecule has 2 heterocycles. The van der Waals surface area contributed by atoms with Gasteiger partial charge in [0.25, 0.3) is 5.56 Å². The lowest BCUT2D eigenvalue weighted by Gasteiger charge is -2.26. The Kier molecular flexibility index (Phi) is 5.30.